The van der Waals surface area contributed by atoms with E-state index in [1.807, 2.05) is 11.3 Å². The number of hydrogen-bond acceptors (Lipinski definition) is 5. The Morgan fingerprint density at radius 3 is 2.69 bits per heavy atom. The molecule has 3 rings (SSSR count). The van der Waals surface area contributed by atoms with E-state index in [2.05, 4.69) is 65.0 Å². The van der Waals surface area contributed by atoms with Gasteiger partial charge in [0.15, 0.2) is 11.7 Å². The molecule has 162 valence electrons. The summed E-state index contributed by atoms with van der Waals surface area (Å²) in [6.45, 7) is 9.99. The predicted molar refractivity (Wildman–Crippen MR) is 133 cm³/mol. The highest BCUT2D eigenvalue weighted by Crippen LogP contribution is 2.25. The van der Waals surface area contributed by atoms with Gasteiger partial charge in [0.25, 0.3) is 0 Å². The van der Waals surface area contributed by atoms with Crippen LogP contribution in [0, 0.1) is 0 Å². The number of anilines is 1. The quantitative estimate of drug-likeness (QED) is 0.286. The predicted octanol–water partition coefficient (Wildman–Crippen LogP) is 4.98. The standard InChI is InChI=1S/C21H33N5OS.HI/c1-4-16(5-2)19-14-18(27-25-19)15-23-21(22-6-3)24-17-9-11-26(12-10-17)20-8-7-13-28-20;/h7-8,13-14,16-17H,4-6,9-12,15H2,1-3H3,(H2,22,23,24);1H. The van der Waals surface area contributed by atoms with Crippen molar-refractivity contribution in [3.63, 3.8) is 0 Å². The molecule has 0 unspecified atom stereocenters. The summed E-state index contributed by atoms with van der Waals surface area (Å²) >= 11 is 1.82. The first-order valence-electron chi connectivity index (χ1n) is 10.5. The first-order chi connectivity index (χ1) is 13.7. The minimum absolute atomic E-state index is 0. The summed E-state index contributed by atoms with van der Waals surface area (Å²) in [6.07, 6.45) is 4.40. The summed E-state index contributed by atoms with van der Waals surface area (Å²) in [5.74, 6) is 2.16. The number of aromatic nitrogens is 1. The first-order valence-corrected chi connectivity index (χ1v) is 11.4. The minimum Gasteiger partial charge on any atom is -0.363 e. The summed E-state index contributed by atoms with van der Waals surface area (Å²) in [5, 5.41) is 14.7. The van der Waals surface area contributed by atoms with E-state index in [1.54, 1.807) is 0 Å². The maximum atomic E-state index is 5.51. The molecule has 2 aromatic heterocycles. The minimum atomic E-state index is 0. The number of nitrogens with zero attached hydrogens (tertiary/aromatic N) is 3. The van der Waals surface area contributed by atoms with Gasteiger partial charge in [0.05, 0.1) is 10.7 Å². The third kappa shape index (κ3) is 6.87. The number of guanidine groups is 1. The van der Waals surface area contributed by atoms with Crippen LogP contribution < -0.4 is 15.5 Å². The highest BCUT2D eigenvalue weighted by atomic mass is 127. The van der Waals surface area contributed by atoms with Crippen LogP contribution in [-0.4, -0.2) is 36.8 Å². The van der Waals surface area contributed by atoms with Gasteiger partial charge in [-0.3, -0.25) is 0 Å². The normalized spacial score (nSPS) is 15.4. The van der Waals surface area contributed by atoms with E-state index >= 15 is 0 Å². The molecule has 0 saturated carbocycles. The van der Waals surface area contributed by atoms with E-state index < -0.39 is 0 Å². The highest BCUT2D eigenvalue weighted by Gasteiger charge is 2.21. The number of aliphatic imine (C=N–C) groups is 1. The molecule has 2 aromatic rings. The van der Waals surface area contributed by atoms with Crippen LogP contribution in [0.25, 0.3) is 0 Å². The average Bonchev–Trinajstić information content (AvgIpc) is 3.40. The molecule has 1 aliphatic rings. The van der Waals surface area contributed by atoms with Crippen molar-refractivity contribution < 1.29 is 4.52 Å². The third-order valence-corrected chi connectivity index (χ3v) is 6.30. The van der Waals surface area contributed by atoms with Gasteiger partial charge in [0.1, 0.15) is 6.54 Å². The Morgan fingerprint density at radius 1 is 1.31 bits per heavy atom. The molecule has 6 nitrogen and oxygen atoms in total. The molecule has 0 atom stereocenters. The van der Waals surface area contributed by atoms with E-state index in [1.165, 1.54) is 5.00 Å². The maximum Gasteiger partial charge on any atom is 0.191 e. The Labute approximate surface area is 195 Å². The lowest BCUT2D eigenvalue weighted by molar-refractivity contribution is 0.372. The van der Waals surface area contributed by atoms with Gasteiger partial charge in [0, 0.05) is 37.7 Å². The summed E-state index contributed by atoms with van der Waals surface area (Å²) in [7, 11) is 0. The number of rotatable bonds is 8. The largest absolute Gasteiger partial charge is 0.363 e. The Hall–Kier alpha value is -1.29. The van der Waals surface area contributed by atoms with Crippen LogP contribution in [0.15, 0.2) is 33.1 Å². The zero-order valence-corrected chi connectivity index (χ0v) is 20.8. The Bertz CT molecular complexity index is 721. The van der Waals surface area contributed by atoms with Gasteiger partial charge >= 0.3 is 0 Å². The molecule has 2 N–H and O–H groups in total. The second-order valence-corrected chi connectivity index (χ2v) is 8.21. The molecule has 8 heteroatoms. The molecule has 0 bridgehead atoms. The zero-order valence-electron chi connectivity index (χ0n) is 17.7. The number of nitrogens with one attached hydrogen (secondary N) is 2. The zero-order chi connectivity index (χ0) is 19.8. The lowest BCUT2D eigenvalue weighted by Gasteiger charge is -2.33. The maximum absolute atomic E-state index is 5.51. The van der Waals surface area contributed by atoms with Gasteiger partial charge in [0.2, 0.25) is 0 Å². The van der Waals surface area contributed by atoms with Crippen LogP contribution in [0.5, 0.6) is 0 Å². The van der Waals surface area contributed by atoms with Crippen molar-refractivity contribution in [2.75, 3.05) is 24.5 Å². The van der Waals surface area contributed by atoms with Gasteiger partial charge < -0.3 is 20.1 Å². The van der Waals surface area contributed by atoms with Crippen LogP contribution in [-0.2, 0) is 6.54 Å². The molecule has 0 aliphatic carbocycles. The first kappa shape index (κ1) is 24.0. The molecule has 1 fully saturated rings. The van der Waals surface area contributed by atoms with Gasteiger partial charge in [-0.1, -0.05) is 19.0 Å². The second-order valence-electron chi connectivity index (χ2n) is 7.28. The Kier molecular flexibility index (Phi) is 10.3. The van der Waals surface area contributed by atoms with Gasteiger partial charge in [-0.25, -0.2) is 4.99 Å². The van der Waals surface area contributed by atoms with Crippen LogP contribution in [0.2, 0.25) is 0 Å². The van der Waals surface area contributed by atoms with Crippen LogP contribution in [0.1, 0.15) is 63.8 Å². The second kappa shape index (κ2) is 12.4. The van der Waals surface area contributed by atoms with Gasteiger partial charge in [-0.15, -0.1) is 35.3 Å². The molecule has 0 amide bonds. The summed E-state index contributed by atoms with van der Waals surface area (Å²) in [4.78, 5) is 7.19. The van der Waals surface area contributed by atoms with Crippen LogP contribution in [0.4, 0.5) is 5.00 Å². The van der Waals surface area contributed by atoms with Crippen molar-refractivity contribution in [1.29, 1.82) is 0 Å². The van der Waals surface area contributed by atoms with Crippen molar-refractivity contribution in [1.82, 2.24) is 15.8 Å². The monoisotopic (exact) mass is 531 g/mol. The Morgan fingerprint density at radius 2 is 2.07 bits per heavy atom. The fraction of sp³-hybridized carbons (Fsp3) is 0.619. The van der Waals surface area contributed by atoms with Crippen molar-refractivity contribution in [3.05, 3.63) is 35.0 Å². The SMILES string of the molecule is CCNC(=NCc1cc(C(CC)CC)no1)NC1CCN(c2cccs2)CC1.I. The fourth-order valence-corrected chi connectivity index (χ4v) is 4.45. The number of halogens is 1. The number of piperidine rings is 1. The van der Waals surface area contributed by atoms with Crippen LogP contribution in [0.3, 0.4) is 0 Å². The molecule has 0 aromatic carbocycles. The fourth-order valence-electron chi connectivity index (χ4n) is 3.67. The van der Waals surface area contributed by atoms with E-state index in [0.717, 1.165) is 62.7 Å². The smallest absolute Gasteiger partial charge is 0.191 e. The average molecular weight is 532 g/mol. The molecule has 0 radical (unpaired) electrons. The van der Waals surface area contributed by atoms with Gasteiger partial charge in [-0.2, -0.15) is 0 Å². The molecular weight excluding hydrogens is 497 g/mol. The molecule has 1 aliphatic heterocycles. The van der Waals surface area contributed by atoms with Crippen molar-refractivity contribution in [3.8, 4) is 0 Å². The molecule has 0 spiro atoms. The summed E-state index contributed by atoms with van der Waals surface area (Å²) in [5.41, 5.74) is 1.05. The van der Waals surface area contributed by atoms with Crippen molar-refractivity contribution in [2.24, 2.45) is 4.99 Å². The van der Waals surface area contributed by atoms with E-state index in [-0.39, 0.29) is 24.0 Å². The van der Waals surface area contributed by atoms with Crippen molar-refractivity contribution >= 4 is 46.3 Å². The molecule has 1 saturated heterocycles. The lowest BCUT2D eigenvalue weighted by atomic mass is 9.99. The highest BCUT2D eigenvalue weighted by molar-refractivity contribution is 14.0. The molecule has 29 heavy (non-hydrogen) atoms. The molecular formula is C21H34IN5OS. The number of hydrogen-bond donors (Lipinski definition) is 2. The number of thiophene rings is 1. The topological polar surface area (TPSA) is 65.7 Å². The van der Waals surface area contributed by atoms with Crippen LogP contribution >= 0.6 is 35.3 Å². The summed E-state index contributed by atoms with van der Waals surface area (Å²) < 4.78 is 5.51. The Balaban J connectivity index is 0.00000300. The summed E-state index contributed by atoms with van der Waals surface area (Å²) in [6, 6.07) is 6.84. The third-order valence-electron chi connectivity index (χ3n) is 5.37. The van der Waals surface area contributed by atoms with E-state index in [4.69, 9.17) is 9.52 Å². The van der Waals surface area contributed by atoms with Gasteiger partial charge in [-0.05, 0) is 50.1 Å². The van der Waals surface area contributed by atoms with Crippen molar-refractivity contribution in [2.45, 2.75) is 65.0 Å². The lowest BCUT2D eigenvalue weighted by Crippen LogP contribution is -2.48. The van der Waals surface area contributed by atoms with E-state index in [9.17, 15) is 0 Å². The molecule has 3 heterocycles. The van der Waals surface area contributed by atoms with E-state index in [0.29, 0.717) is 18.5 Å².